The van der Waals surface area contributed by atoms with Gasteiger partial charge in [-0.3, -0.25) is 9.71 Å². The second-order valence-corrected chi connectivity index (χ2v) is 8.18. The lowest BCUT2D eigenvalue weighted by Gasteiger charge is -2.19. The molecule has 0 fully saturated rings. The summed E-state index contributed by atoms with van der Waals surface area (Å²) < 4.78 is 28.7. The third kappa shape index (κ3) is 4.45. The van der Waals surface area contributed by atoms with E-state index in [0.717, 1.165) is 11.1 Å². The average Bonchev–Trinajstić information content (AvgIpc) is 2.96. The van der Waals surface area contributed by atoms with E-state index >= 15 is 0 Å². The maximum atomic E-state index is 13.1. The minimum absolute atomic E-state index is 0. The number of nitrogens with one attached hydrogen (secondary N) is 1. The zero-order chi connectivity index (χ0) is 19.6. The normalized spacial score (nSPS) is 13.2. The lowest BCUT2D eigenvalue weighted by atomic mass is 10.1. The SMILES string of the molecule is Cl.O=S(=O)(Nc1cccc(Cl)c1)c1ccc(N2C=CC=NC=C2)c2ccccc12. The Labute approximate surface area is 180 Å². The molecule has 0 unspecified atom stereocenters. The van der Waals surface area contributed by atoms with E-state index in [1.807, 2.05) is 41.6 Å². The molecule has 1 aliphatic rings. The van der Waals surface area contributed by atoms with Crippen molar-refractivity contribution < 1.29 is 8.42 Å². The monoisotopic (exact) mass is 445 g/mol. The number of hydrogen-bond acceptors (Lipinski definition) is 4. The van der Waals surface area contributed by atoms with E-state index in [1.165, 1.54) is 0 Å². The fourth-order valence-electron chi connectivity index (χ4n) is 3.03. The number of halogens is 2. The summed E-state index contributed by atoms with van der Waals surface area (Å²) in [4.78, 5) is 6.19. The lowest BCUT2D eigenvalue weighted by Crippen LogP contribution is -2.14. The fraction of sp³-hybridized carbons (Fsp3) is 0. The van der Waals surface area contributed by atoms with Gasteiger partial charge in [0.2, 0.25) is 0 Å². The van der Waals surface area contributed by atoms with Crippen LogP contribution in [0.5, 0.6) is 0 Å². The van der Waals surface area contributed by atoms with Crippen LogP contribution in [0.4, 0.5) is 11.4 Å². The zero-order valence-electron chi connectivity index (χ0n) is 15.1. The number of sulfonamides is 1. The van der Waals surface area contributed by atoms with Crippen molar-refractivity contribution in [2.45, 2.75) is 4.90 Å². The Kier molecular flexibility index (Phi) is 6.27. The Balaban J connectivity index is 0.00000240. The maximum Gasteiger partial charge on any atom is 0.262 e. The quantitative estimate of drug-likeness (QED) is 0.568. The Morgan fingerprint density at radius 1 is 0.931 bits per heavy atom. The van der Waals surface area contributed by atoms with Crippen molar-refractivity contribution in [3.63, 3.8) is 0 Å². The first-order valence-electron chi connectivity index (χ1n) is 8.50. The predicted octanol–water partition coefficient (Wildman–Crippen LogP) is 5.59. The van der Waals surface area contributed by atoms with Gasteiger partial charge in [-0.1, -0.05) is 41.9 Å². The maximum absolute atomic E-state index is 13.1. The number of allylic oxidation sites excluding steroid dienone is 1. The molecule has 1 N–H and O–H groups in total. The molecule has 3 aromatic carbocycles. The highest BCUT2D eigenvalue weighted by atomic mass is 35.5. The molecule has 0 atom stereocenters. The minimum atomic E-state index is -3.80. The topological polar surface area (TPSA) is 61.8 Å². The minimum Gasteiger partial charge on any atom is -0.322 e. The standard InChI is InChI=1S/C21H16ClN3O2S.ClH/c22-16-5-3-6-17(15-16)24-28(26,27)21-10-9-20(18-7-1-2-8-19(18)21)25-13-4-11-23-12-14-25;/h1-15,24H;1H. The van der Waals surface area contributed by atoms with Gasteiger partial charge in [-0.2, -0.15) is 0 Å². The second kappa shape index (κ2) is 8.69. The first-order chi connectivity index (χ1) is 13.5. The van der Waals surface area contributed by atoms with Crippen LogP contribution < -0.4 is 9.62 Å². The van der Waals surface area contributed by atoms with Crippen LogP contribution in [0.2, 0.25) is 5.02 Å². The van der Waals surface area contributed by atoms with Crippen LogP contribution >= 0.6 is 24.0 Å². The highest BCUT2D eigenvalue weighted by Crippen LogP contribution is 2.33. The molecule has 0 amide bonds. The van der Waals surface area contributed by atoms with E-state index in [0.29, 0.717) is 16.1 Å². The van der Waals surface area contributed by atoms with Crippen LogP contribution in [-0.2, 0) is 10.0 Å². The van der Waals surface area contributed by atoms with Crippen molar-refractivity contribution in [1.29, 1.82) is 0 Å². The third-order valence-corrected chi connectivity index (χ3v) is 5.91. The van der Waals surface area contributed by atoms with Gasteiger partial charge in [-0.05, 0) is 36.4 Å². The summed E-state index contributed by atoms with van der Waals surface area (Å²) in [6, 6.07) is 17.4. The molecular formula is C21H17Cl2N3O2S. The summed E-state index contributed by atoms with van der Waals surface area (Å²) in [6.45, 7) is 0. The van der Waals surface area contributed by atoms with Gasteiger partial charge >= 0.3 is 0 Å². The molecule has 0 aliphatic carbocycles. The summed E-state index contributed by atoms with van der Waals surface area (Å²) in [5.41, 5.74) is 1.27. The Morgan fingerprint density at radius 3 is 2.52 bits per heavy atom. The van der Waals surface area contributed by atoms with Crippen LogP contribution in [0.1, 0.15) is 0 Å². The van der Waals surface area contributed by atoms with Crippen LogP contribution in [-0.4, -0.2) is 14.6 Å². The zero-order valence-corrected chi connectivity index (χ0v) is 17.5. The summed E-state index contributed by atoms with van der Waals surface area (Å²) in [6.07, 6.45) is 8.88. The fourth-order valence-corrected chi connectivity index (χ4v) is 4.48. The molecule has 0 radical (unpaired) electrons. The lowest BCUT2D eigenvalue weighted by molar-refractivity contribution is 0.602. The van der Waals surface area contributed by atoms with Crippen molar-refractivity contribution in [3.8, 4) is 0 Å². The second-order valence-electron chi connectivity index (χ2n) is 6.09. The molecule has 4 rings (SSSR count). The molecule has 1 aliphatic heterocycles. The number of aliphatic imine (C=N–C) groups is 1. The molecule has 8 heteroatoms. The van der Waals surface area contributed by atoms with E-state index in [9.17, 15) is 8.42 Å². The van der Waals surface area contributed by atoms with Gasteiger partial charge in [0, 0.05) is 40.6 Å². The number of benzene rings is 3. The Bertz CT molecular complexity index is 1220. The van der Waals surface area contributed by atoms with Gasteiger partial charge < -0.3 is 4.90 Å². The van der Waals surface area contributed by atoms with Gasteiger partial charge in [-0.25, -0.2) is 8.42 Å². The van der Waals surface area contributed by atoms with Gasteiger partial charge in [0.05, 0.1) is 16.3 Å². The van der Waals surface area contributed by atoms with Gasteiger partial charge in [0.15, 0.2) is 0 Å². The number of rotatable bonds is 4. The molecule has 0 bridgehead atoms. The van der Waals surface area contributed by atoms with Gasteiger partial charge in [0.25, 0.3) is 10.0 Å². The van der Waals surface area contributed by atoms with Crippen LogP contribution in [0.25, 0.3) is 10.8 Å². The molecule has 0 aromatic heterocycles. The van der Waals surface area contributed by atoms with Crippen molar-refractivity contribution in [2.75, 3.05) is 9.62 Å². The molecule has 3 aromatic rings. The van der Waals surface area contributed by atoms with Crippen LogP contribution in [0.3, 0.4) is 0 Å². The number of anilines is 2. The Hall–Kier alpha value is -2.80. The largest absolute Gasteiger partial charge is 0.322 e. The van der Waals surface area contributed by atoms with Crippen molar-refractivity contribution >= 4 is 62.4 Å². The highest BCUT2D eigenvalue weighted by molar-refractivity contribution is 7.93. The van der Waals surface area contributed by atoms with Crippen LogP contribution in [0.15, 0.2) is 95.2 Å². The first-order valence-corrected chi connectivity index (χ1v) is 10.4. The van der Waals surface area contributed by atoms with Crippen LogP contribution in [0, 0.1) is 0 Å². The van der Waals surface area contributed by atoms with E-state index in [4.69, 9.17) is 11.6 Å². The molecule has 0 spiro atoms. The van der Waals surface area contributed by atoms with Crippen molar-refractivity contribution in [3.05, 3.63) is 90.4 Å². The molecule has 29 heavy (non-hydrogen) atoms. The van der Waals surface area contributed by atoms with Gasteiger partial charge in [0.1, 0.15) is 0 Å². The van der Waals surface area contributed by atoms with Crippen molar-refractivity contribution in [1.82, 2.24) is 0 Å². The summed E-state index contributed by atoms with van der Waals surface area (Å²) in [5.74, 6) is 0. The van der Waals surface area contributed by atoms with E-state index in [1.54, 1.807) is 54.9 Å². The molecule has 0 saturated carbocycles. The summed E-state index contributed by atoms with van der Waals surface area (Å²) >= 11 is 5.97. The third-order valence-electron chi connectivity index (χ3n) is 4.24. The predicted molar refractivity (Wildman–Crippen MR) is 123 cm³/mol. The number of hydrogen-bond donors (Lipinski definition) is 1. The molecule has 148 valence electrons. The smallest absolute Gasteiger partial charge is 0.262 e. The van der Waals surface area contributed by atoms with E-state index in [-0.39, 0.29) is 17.3 Å². The van der Waals surface area contributed by atoms with Crippen molar-refractivity contribution in [2.24, 2.45) is 4.99 Å². The number of nitrogens with zero attached hydrogens (tertiary/aromatic N) is 2. The molecule has 1 heterocycles. The highest BCUT2D eigenvalue weighted by Gasteiger charge is 2.20. The Morgan fingerprint density at radius 2 is 1.72 bits per heavy atom. The van der Waals surface area contributed by atoms with E-state index in [2.05, 4.69) is 9.71 Å². The molecule has 5 nitrogen and oxygen atoms in total. The summed E-state index contributed by atoms with van der Waals surface area (Å²) in [7, 11) is -3.80. The first kappa shape index (κ1) is 20.9. The molecular weight excluding hydrogens is 429 g/mol. The van der Waals surface area contributed by atoms with E-state index < -0.39 is 10.0 Å². The summed E-state index contributed by atoms with van der Waals surface area (Å²) in [5, 5.41) is 1.90. The average molecular weight is 446 g/mol. The van der Waals surface area contributed by atoms with Gasteiger partial charge in [-0.15, -0.1) is 12.4 Å². The molecule has 0 saturated heterocycles. The number of fused-ring (bicyclic) bond motifs is 1.